The van der Waals surface area contributed by atoms with Crippen molar-refractivity contribution in [2.24, 2.45) is 0 Å². The first-order chi connectivity index (χ1) is 11.9. The van der Waals surface area contributed by atoms with E-state index in [0.29, 0.717) is 5.02 Å². The highest BCUT2D eigenvalue weighted by Gasteiger charge is 2.29. The van der Waals surface area contributed by atoms with Crippen molar-refractivity contribution in [3.05, 3.63) is 46.8 Å². The summed E-state index contributed by atoms with van der Waals surface area (Å²) < 4.78 is 31.8. The van der Waals surface area contributed by atoms with Crippen LogP contribution in [0, 0.1) is 0 Å². The van der Waals surface area contributed by atoms with Crippen LogP contribution in [0.15, 0.2) is 56.1 Å². The van der Waals surface area contributed by atoms with E-state index in [1.807, 2.05) is 31.4 Å². The number of hydrogen-bond donors (Lipinski definition) is 1. The molecule has 3 rings (SSSR count). The number of rotatable bonds is 6. The van der Waals surface area contributed by atoms with Gasteiger partial charge in [0.25, 0.3) is 0 Å². The lowest BCUT2D eigenvalue weighted by Crippen LogP contribution is -2.15. The summed E-state index contributed by atoms with van der Waals surface area (Å²) in [6, 6.07) is 9.74. The zero-order valence-corrected chi connectivity index (χ0v) is 16.1. The molecule has 0 spiro atoms. The van der Waals surface area contributed by atoms with Gasteiger partial charge in [-0.15, -0.1) is 11.3 Å². The fourth-order valence-electron chi connectivity index (χ4n) is 2.14. The van der Waals surface area contributed by atoms with E-state index in [4.69, 9.17) is 16.0 Å². The molecule has 3 aromatic rings. The van der Waals surface area contributed by atoms with Crippen LogP contribution in [-0.4, -0.2) is 19.4 Å². The van der Waals surface area contributed by atoms with Gasteiger partial charge in [0, 0.05) is 11.1 Å². The van der Waals surface area contributed by atoms with Crippen LogP contribution in [0.5, 0.6) is 0 Å². The molecule has 0 saturated heterocycles. The molecule has 2 aromatic heterocycles. The molecule has 1 N–H and O–H groups in total. The highest BCUT2D eigenvalue weighted by molar-refractivity contribution is 7.91. The second-order valence-corrected chi connectivity index (χ2v) is 8.79. The van der Waals surface area contributed by atoms with Crippen LogP contribution < -0.4 is 5.32 Å². The van der Waals surface area contributed by atoms with Gasteiger partial charge >= 0.3 is 0 Å². The molecule has 132 valence electrons. The molecule has 2 heterocycles. The molecule has 0 fully saturated rings. The highest BCUT2D eigenvalue weighted by Crippen LogP contribution is 2.34. The van der Waals surface area contributed by atoms with Crippen LogP contribution in [0.1, 0.15) is 20.3 Å². The van der Waals surface area contributed by atoms with Crippen LogP contribution in [-0.2, 0) is 9.84 Å². The Morgan fingerprint density at radius 3 is 2.60 bits per heavy atom. The van der Waals surface area contributed by atoms with E-state index in [0.717, 1.165) is 11.3 Å². The molecule has 1 atom stereocenters. The van der Waals surface area contributed by atoms with Gasteiger partial charge in [0.15, 0.2) is 0 Å². The van der Waals surface area contributed by atoms with E-state index in [9.17, 15) is 8.42 Å². The normalized spacial score (nSPS) is 12.9. The summed E-state index contributed by atoms with van der Waals surface area (Å²) in [6.07, 6.45) is 0.815. The van der Waals surface area contributed by atoms with Crippen molar-refractivity contribution in [3.63, 3.8) is 0 Å². The SMILES string of the molecule is CC[C@@H](C)Nc1oc(-c2cccs2)nc1S(=O)(=O)c1ccc(Cl)cc1. The standard InChI is InChI=1S/C17H17ClN2O3S2/c1-3-11(2)19-16-17(20-15(23-16)14-5-4-10-24-14)25(21,22)13-8-6-12(18)7-9-13/h4-11,19H,3H2,1-2H3/t11-/m1/s1. The van der Waals surface area contributed by atoms with Crippen molar-refractivity contribution in [1.82, 2.24) is 4.98 Å². The number of oxazole rings is 1. The maximum Gasteiger partial charge on any atom is 0.240 e. The maximum absolute atomic E-state index is 13.0. The molecule has 5 nitrogen and oxygen atoms in total. The Morgan fingerprint density at radius 1 is 1.28 bits per heavy atom. The van der Waals surface area contributed by atoms with Gasteiger partial charge in [-0.1, -0.05) is 24.6 Å². The zero-order valence-electron chi connectivity index (χ0n) is 13.7. The van der Waals surface area contributed by atoms with Gasteiger partial charge in [0.2, 0.25) is 26.6 Å². The van der Waals surface area contributed by atoms with Gasteiger partial charge < -0.3 is 9.73 Å². The highest BCUT2D eigenvalue weighted by atomic mass is 35.5. The number of nitrogens with one attached hydrogen (secondary N) is 1. The molecule has 0 aliphatic carbocycles. The summed E-state index contributed by atoms with van der Waals surface area (Å²) in [5.41, 5.74) is 0. The van der Waals surface area contributed by atoms with E-state index in [2.05, 4.69) is 10.3 Å². The number of sulfone groups is 1. The summed E-state index contributed by atoms with van der Waals surface area (Å²) in [4.78, 5) is 5.16. The first-order valence-corrected chi connectivity index (χ1v) is 10.5. The third-order valence-corrected chi connectivity index (χ3v) is 6.48. The van der Waals surface area contributed by atoms with Gasteiger partial charge in [-0.3, -0.25) is 0 Å². The first kappa shape index (κ1) is 18.0. The fraction of sp³-hybridized carbons (Fsp3) is 0.235. The number of nitrogens with zero attached hydrogens (tertiary/aromatic N) is 1. The van der Waals surface area contributed by atoms with Crippen LogP contribution in [0.3, 0.4) is 0 Å². The third-order valence-electron chi connectivity index (χ3n) is 3.70. The summed E-state index contributed by atoms with van der Waals surface area (Å²) in [6.45, 7) is 3.95. The van der Waals surface area contributed by atoms with E-state index < -0.39 is 9.84 Å². The average Bonchev–Trinajstić information content (AvgIpc) is 3.24. The molecule has 0 unspecified atom stereocenters. The number of anilines is 1. The number of benzene rings is 1. The van der Waals surface area contributed by atoms with Crippen molar-refractivity contribution in [3.8, 4) is 10.8 Å². The predicted octanol–water partition coefficient (Wildman–Crippen LogP) is 5.10. The van der Waals surface area contributed by atoms with Crippen molar-refractivity contribution >= 4 is 38.7 Å². The molecule has 8 heteroatoms. The van der Waals surface area contributed by atoms with Gasteiger partial charge in [-0.25, -0.2) is 8.42 Å². The number of hydrogen-bond acceptors (Lipinski definition) is 6. The smallest absolute Gasteiger partial charge is 0.240 e. The van der Waals surface area contributed by atoms with E-state index >= 15 is 0 Å². The number of aromatic nitrogens is 1. The molecular formula is C17H17ClN2O3S2. The van der Waals surface area contributed by atoms with E-state index in [-0.39, 0.29) is 27.7 Å². The lowest BCUT2D eigenvalue weighted by atomic mass is 10.3. The second kappa shape index (κ2) is 7.19. The van der Waals surface area contributed by atoms with Crippen LogP contribution in [0.2, 0.25) is 5.02 Å². The summed E-state index contributed by atoms with van der Waals surface area (Å²) >= 11 is 7.29. The molecular weight excluding hydrogens is 380 g/mol. The van der Waals surface area contributed by atoms with Gasteiger partial charge in [0.1, 0.15) is 0 Å². The first-order valence-electron chi connectivity index (χ1n) is 7.73. The Balaban J connectivity index is 2.10. The molecule has 25 heavy (non-hydrogen) atoms. The predicted molar refractivity (Wildman–Crippen MR) is 100 cm³/mol. The van der Waals surface area contributed by atoms with E-state index in [1.54, 1.807) is 0 Å². The van der Waals surface area contributed by atoms with E-state index in [1.165, 1.54) is 35.6 Å². The number of thiophene rings is 1. The Labute approximate surface area is 155 Å². The number of halogens is 1. The van der Waals surface area contributed by atoms with Crippen LogP contribution >= 0.6 is 22.9 Å². The summed E-state index contributed by atoms with van der Waals surface area (Å²) in [5, 5.41) is 5.34. The topological polar surface area (TPSA) is 72.2 Å². The quantitative estimate of drug-likeness (QED) is 0.627. The van der Waals surface area contributed by atoms with Crippen molar-refractivity contribution in [2.75, 3.05) is 5.32 Å². The third kappa shape index (κ3) is 3.73. The van der Waals surface area contributed by atoms with Crippen molar-refractivity contribution in [2.45, 2.75) is 36.2 Å². The largest absolute Gasteiger partial charge is 0.418 e. The van der Waals surface area contributed by atoms with Gasteiger partial charge in [-0.05, 0) is 49.1 Å². The Kier molecular flexibility index (Phi) is 5.17. The molecule has 0 saturated carbocycles. The summed E-state index contributed by atoms with van der Waals surface area (Å²) in [7, 11) is -3.83. The molecule has 0 amide bonds. The zero-order chi connectivity index (χ0) is 18.0. The van der Waals surface area contributed by atoms with Gasteiger partial charge in [-0.2, -0.15) is 4.98 Å². The minimum atomic E-state index is -3.83. The molecule has 0 aliphatic rings. The minimum absolute atomic E-state index is 0.0447. The van der Waals surface area contributed by atoms with Crippen LogP contribution in [0.25, 0.3) is 10.8 Å². The van der Waals surface area contributed by atoms with Gasteiger partial charge in [0.05, 0.1) is 9.77 Å². The molecule has 1 aromatic carbocycles. The Bertz CT molecular complexity index is 948. The monoisotopic (exact) mass is 396 g/mol. The second-order valence-electron chi connectivity index (χ2n) is 5.54. The van der Waals surface area contributed by atoms with Crippen molar-refractivity contribution < 1.29 is 12.8 Å². The maximum atomic E-state index is 13.0. The minimum Gasteiger partial charge on any atom is -0.418 e. The van der Waals surface area contributed by atoms with Crippen LogP contribution in [0.4, 0.5) is 5.88 Å². The lowest BCUT2D eigenvalue weighted by Gasteiger charge is -2.11. The average molecular weight is 397 g/mol. The Morgan fingerprint density at radius 2 is 2.00 bits per heavy atom. The summed E-state index contributed by atoms with van der Waals surface area (Å²) in [5.74, 6) is 0.445. The molecule has 0 aliphatic heterocycles. The van der Waals surface area contributed by atoms with Crippen molar-refractivity contribution in [1.29, 1.82) is 0 Å². The fourth-order valence-corrected chi connectivity index (χ4v) is 4.18. The lowest BCUT2D eigenvalue weighted by molar-refractivity contribution is 0.567. The Hall–Kier alpha value is -1.83. The molecule has 0 radical (unpaired) electrons. The molecule has 0 bridgehead atoms.